The van der Waals surface area contributed by atoms with Crippen molar-refractivity contribution in [3.05, 3.63) is 42.0 Å². The SMILES string of the molecule is Cc1ccc(F)cc1S(=O)(=O)Nc1cn[nH]c1. The first-order chi connectivity index (χ1) is 7.99. The predicted molar refractivity (Wildman–Crippen MR) is 60.5 cm³/mol. The summed E-state index contributed by atoms with van der Waals surface area (Å²) < 4.78 is 39.2. The van der Waals surface area contributed by atoms with Crippen LogP contribution in [0, 0.1) is 12.7 Å². The van der Waals surface area contributed by atoms with E-state index in [0.717, 1.165) is 6.07 Å². The number of benzene rings is 1. The molecule has 0 bridgehead atoms. The molecule has 0 saturated heterocycles. The second-order valence-corrected chi connectivity index (χ2v) is 5.15. The van der Waals surface area contributed by atoms with Crippen molar-refractivity contribution >= 4 is 15.7 Å². The monoisotopic (exact) mass is 255 g/mol. The lowest BCUT2D eigenvalue weighted by Crippen LogP contribution is -2.14. The minimum atomic E-state index is -3.79. The number of aryl methyl sites for hydroxylation is 1. The van der Waals surface area contributed by atoms with Gasteiger partial charge in [0.1, 0.15) is 5.82 Å². The maximum Gasteiger partial charge on any atom is 0.262 e. The topological polar surface area (TPSA) is 74.8 Å². The fourth-order valence-electron chi connectivity index (χ4n) is 1.38. The van der Waals surface area contributed by atoms with Gasteiger partial charge < -0.3 is 0 Å². The Morgan fingerprint density at radius 2 is 2.18 bits per heavy atom. The maximum absolute atomic E-state index is 13.0. The molecule has 17 heavy (non-hydrogen) atoms. The summed E-state index contributed by atoms with van der Waals surface area (Å²) in [5, 5.41) is 6.09. The largest absolute Gasteiger partial charge is 0.284 e. The number of anilines is 1. The first-order valence-electron chi connectivity index (χ1n) is 4.77. The first kappa shape index (κ1) is 11.6. The van der Waals surface area contributed by atoms with Gasteiger partial charge in [0.25, 0.3) is 10.0 Å². The highest BCUT2D eigenvalue weighted by atomic mass is 32.2. The zero-order chi connectivity index (χ0) is 12.5. The number of nitrogens with zero attached hydrogens (tertiary/aromatic N) is 1. The van der Waals surface area contributed by atoms with E-state index in [2.05, 4.69) is 14.9 Å². The van der Waals surface area contributed by atoms with Gasteiger partial charge in [0, 0.05) is 6.20 Å². The van der Waals surface area contributed by atoms with Gasteiger partial charge in [-0.25, -0.2) is 12.8 Å². The number of hydrogen-bond acceptors (Lipinski definition) is 3. The molecule has 2 N–H and O–H groups in total. The van der Waals surface area contributed by atoms with E-state index in [-0.39, 0.29) is 4.90 Å². The van der Waals surface area contributed by atoms with Crippen LogP contribution in [-0.4, -0.2) is 18.6 Å². The van der Waals surface area contributed by atoms with Crippen LogP contribution in [0.4, 0.5) is 10.1 Å². The summed E-state index contributed by atoms with van der Waals surface area (Å²) in [5.41, 5.74) is 0.774. The fraction of sp³-hybridized carbons (Fsp3) is 0.100. The van der Waals surface area contributed by atoms with Gasteiger partial charge in [-0.3, -0.25) is 9.82 Å². The van der Waals surface area contributed by atoms with Crippen LogP contribution < -0.4 is 4.72 Å². The third kappa shape index (κ3) is 2.44. The highest BCUT2D eigenvalue weighted by Crippen LogP contribution is 2.19. The summed E-state index contributed by atoms with van der Waals surface area (Å²) in [6.07, 6.45) is 2.72. The van der Waals surface area contributed by atoms with Crippen molar-refractivity contribution in [1.82, 2.24) is 10.2 Å². The molecule has 2 rings (SSSR count). The molecule has 90 valence electrons. The molecule has 0 saturated carbocycles. The van der Waals surface area contributed by atoms with Crippen LogP contribution in [0.15, 0.2) is 35.5 Å². The summed E-state index contributed by atoms with van der Waals surface area (Å²) in [4.78, 5) is -0.0845. The van der Waals surface area contributed by atoms with Crippen molar-refractivity contribution in [2.75, 3.05) is 4.72 Å². The smallest absolute Gasteiger partial charge is 0.262 e. The van der Waals surface area contributed by atoms with Gasteiger partial charge in [-0.1, -0.05) is 6.07 Å². The molecule has 1 aromatic heterocycles. The molecule has 0 aliphatic heterocycles. The van der Waals surface area contributed by atoms with Crippen LogP contribution in [0.5, 0.6) is 0 Å². The van der Waals surface area contributed by atoms with E-state index in [1.165, 1.54) is 24.5 Å². The van der Waals surface area contributed by atoms with Crippen molar-refractivity contribution in [2.24, 2.45) is 0 Å². The van der Waals surface area contributed by atoms with Crippen LogP contribution in [-0.2, 0) is 10.0 Å². The summed E-state index contributed by atoms with van der Waals surface area (Å²) in [6.45, 7) is 1.60. The van der Waals surface area contributed by atoms with E-state index >= 15 is 0 Å². The normalized spacial score (nSPS) is 11.4. The average Bonchev–Trinajstić information content (AvgIpc) is 2.73. The highest BCUT2D eigenvalue weighted by molar-refractivity contribution is 7.92. The number of nitrogens with one attached hydrogen (secondary N) is 2. The van der Waals surface area contributed by atoms with E-state index in [9.17, 15) is 12.8 Å². The molecule has 0 radical (unpaired) electrons. The van der Waals surface area contributed by atoms with Gasteiger partial charge in [0.15, 0.2) is 0 Å². The van der Waals surface area contributed by atoms with E-state index < -0.39 is 15.8 Å². The minimum Gasteiger partial charge on any atom is -0.284 e. The summed E-state index contributed by atoms with van der Waals surface area (Å²) in [6, 6.07) is 3.61. The molecular weight excluding hydrogens is 245 g/mol. The summed E-state index contributed by atoms with van der Waals surface area (Å²) in [7, 11) is -3.79. The Labute approximate surface area is 97.7 Å². The molecule has 0 aliphatic rings. The zero-order valence-corrected chi connectivity index (χ0v) is 9.75. The number of H-pyrrole nitrogens is 1. The second kappa shape index (κ2) is 4.17. The molecule has 0 unspecified atom stereocenters. The Bertz CT molecular complexity index is 623. The molecule has 1 heterocycles. The lowest BCUT2D eigenvalue weighted by molar-refractivity contribution is 0.594. The molecule has 0 spiro atoms. The average molecular weight is 255 g/mol. The fourth-order valence-corrected chi connectivity index (χ4v) is 2.67. The van der Waals surface area contributed by atoms with Crippen molar-refractivity contribution in [3.63, 3.8) is 0 Å². The molecule has 5 nitrogen and oxygen atoms in total. The van der Waals surface area contributed by atoms with E-state index in [0.29, 0.717) is 11.3 Å². The van der Waals surface area contributed by atoms with Gasteiger partial charge in [-0.05, 0) is 24.6 Å². The van der Waals surface area contributed by atoms with Crippen LogP contribution in [0.25, 0.3) is 0 Å². The Kier molecular flexibility index (Phi) is 2.84. The Balaban J connectivity index is 2.41. The molecular formula is C10H10FN3O2S. The highest BCUT2D eigenvalue weighted by Gasteiger charge is 2.17. The van der Waals surface area contributed by atoms with E-state index in [1.807, 2.05) is 0 Å². The van der Waals surface area contributed by atoms with E-state index in [4.69, 9.17) is 0 Å². The van der Waals surface area contributed by atoms with Crippen molar-refractivity contribution in [1.29, 1.82) is 0 Å². The van der Waals surface area contributed by atoms with Gasteiger partial charge in [-0.15, -0.1) is 0 Å². The quantitative estimate of drug-likeness (QED) is 0.875. The third-order valence-corrected chi connectivity index (χ3v) is 3.71. The van der Waals surface area contributed by atoms with Gasteiger partial charge in [0.05, 0.1) is 16.8 Å². The van der Waals surface area contributed by atoms with Crippen molar-refractivity contribution < 1.29 is 12.8 Å². The van der Waals surface area contributed by atoms with E-state index in [1.54, 1.807) is 6.92 Å². The second-order valence-electron chi connectivity index (χ2n) is 3.50. The predicted octanol–water partition coefficient (Wildman–Crippen LogP) is 1.66. The Morgan fingerprint density at radius 1 is 1.41 bits per heavy atom. The summed E-state index contributed by atoms with van der Waals surface area (Å²) >= 11 is 0. The number of aromatic nitrogens is 2. The number of rotatable bonds is 3. The van der Waals surface area contributed by atoms with Gasteiger partial charge in [0.2, 0.25) is 0 Å². The van der Waals surface area contributed by atoms with Crippen molar-refractivity contribution in [2.45, 2.75) is 11.8 Å². The molecule has 0 aliphatic carbocycles. The number of halogens is 1. The Hall–Kier alpha value is -1.89. The molecule has 2 aromatic rings. The molecule has 7 heteroatoms. The third-order valence-electron chi connectivity index (χ3n) is 2.19. The molecule has 0 atom stereocenters. The van der Waals surface area contributed by atoms with Crippen LogP contribution >= 0.6 is 0 Å². The minimum absolute atomic E-state index is 0.0845. The molecule has 0 amide bonds. The van der Waals surface area contributed by atoms with Crippen LogP contribution in [0.3, 0.4) is 0 Å². The van der Waals surface area contributed by atoms with Crippen LogP contribution in [0.1, 0.15) is 5.56 Å². The zero-order valence-electron chi connectivity index (χ0n) is 8.94. The Morgan fingerprint density at radius 3 is 2.82 bits per heavy atom. The van der Waals surface area contributed by atoms with Crippen molar-refractivity contribution in [3.8, 4) is 0 Å². The first-order valence-corrected chi connectivity index (χ1v) is 6.25. The molecule has 0 fully saturated rings. The number of sulfonamides is 1. The number of hydrogen-bond donors (Lipinski definition) is 2. The van der Waals surface area contributed by atoms with Gasteiger partial charge >= 0.3 is 0 Å². The summed E-state index contributed by atoms with van der Waals surface area (Å²) in [5.74, 6) is -0.594. The standard InChI is InChI=1S/C10H10FN3O2S/c1-7-2-3-8(11)4-10(7)17(15,16)14-9-5-12-13-6-9/h2-6,14H,1H3,(H,12,13). The number of aromatic amines is 1. The van der Waals surface area contributed by atoms with Gasteiger partial charge in [-0.2, -0.15) is 5.10 Å². The lowest BCUT2D eigenvalue weighted by atomic mass is 10.2. The lowest BCUT2D eigenvalue weighted by Gasteiger charge is -2.08. The maximum atomic E-state index is 13.0. The molecule has 1 aromatic carbocycles. The van der Waals surface area contributed by atoms with Crippen LogP contribution in [0.2, 0.25) is 0 Å².